The zero-order chi connectivity index (χ0) is 19.3. The molecule has 0 aliphatic heterocycles. The molecule has 0 bridgehead atoms. The number of hydrogen-bond donors (Lipinski definition) is 3. The summed E-state index contributed by atoms with van der Waals surface area (Å²) >= 11 is 28.7. The summed E-state index contributed by atoms with van der Waals surface area (Å²) in [7, 11) is 0. The van der Waals surface area contributed by atoms with E-state index in [1.165, 1.54) is 0 Å². The number of benzene rings is 2. The number of amides is 1. The molecule has 138 valence electrons. The van der Waals surface area contributed by atoms with Gasteiger partial charge in [-0.15, -0.1) is 0 Å². The third-order valence-corrected chi connectivity index (χ3v) is 5.45. The van der Waals surface area contributed by atoms with Crippen LogP contribution in [0, 0.1) is 3.57 Å². The Morgan fingerprint density at radius 1 is 1.08 bits per heavy atom. The van der Waals surface area contributed by atoms with E-state index in [9.17, 15) is 4.79 Å². The predicted octanol–water partition coefficient (Wildman–Crippen LogP) is 5.47. The second kappa shape index (κ2) is 9.75. The van der Waals surface area contributed by atoms with Crippen molar-refractivity contribution in [1.82, 2.24) is 10.6 Å². The van der Waals surface area contributed by atoms with E-state index in [1.807, 2.05) is 24.3 Å². The van der Waals surface area contributed by atoms with Crippen molar-refractivity contribution in [2.75, 3.05) is 5.32 Å². The zero-order valence-corrected chi connectivity index (χ0v) is 19.7. The summed E-state index contributed by atoms with van der Waals surface area (Å²) in [6.07, 6.45) is -1.04. The van der Waals surface area contributed by atoms with Crippen LogP contribution in [-0.4, -0.2) is 21.0 Å². The Kier molecular flexibility index (Phi) is 8.24. The number of carbonyl (C=O) groups excluding carboxylic acids is 1. The molecule has 10 heteroatoms. The molecule has 2 rings (SSSR count). The molecule has 0 fully saturated rings. The highest BCUT2D eigenvalue weighted by atomic mass is 127. The molecule has 26 heavy (non-hydrogen) atoms. The largest absolute Gasteiger partial charge is 0.339 e. The Labute approximate surface area is 193 Å². The second-order valence-electron chi connectivity index (χ2n) is 5.03. The Bertz CT molecular complexity index is 802. The van der Waals surface area contributed by atoms with Gasteiger partial charge >= 0.3 is 0 Å². The van der Waals surface area contributed by atoms with Crippen LogP contribution in [0.5, 0.6) is 0 Å². The Morgan fingerprint density at radius 2 is 1.69 bits per heavy atom. The number of carbonyl (C=O) groups is 1. The minimum absolute atomic E-state index is 0.210. The second-order valence-corrected chi connectivity index (χ2v) is 9.89. The molecule has 0 saturated heterocycles. The minimum Gasteiger partial charge on any atom is -0.339 e. The highest BCUT2D eigenvalue weighted by Gasteiger charge is 2.34. The topological polar surface area (TPSA) is 53.2 Å². The van der Waals surface area contributed by atoms with Gasteiger partial charge in [-0.25, -0.2) is 0 Å². The molecule has 2 aromatic rings. The van der Waals surface area contributed by atoms with E-state index in [0.29, 0.717) is 5.56 Å². The summed E-state index contributed by atoms with van der Waals surface area (Å²) in [4.78, 5) is 12.4. The number of halogens is 5. The number of nitrogens with one attached hydrogen (secondary N) is 3. The van der Waals surface area contributed by atoms with Gasteiger partial charge in [0.2, 0.25) is 3.79 Å². The van der Waals surface area contributed by atoms with E-state index in [-0.39, 0.29) is 5.11 Å². The lowest BCUT2D eigenvalue weighted by molar-refractivity contribution is 0.0934. The van der Waals surface area contributed by atoms with Crippen molar-refractivity contribution < 1.29 is 4.79 Å². The van der Waals surface area contributed by atoms with E-state index >= 15 is 0 Å². The summed E-state index contributed by atoms with van der Waals surface area (Å²) in [5.74, 6) is -0.404. The Balaban J connectivity index is 2.07. The maximum absolute atomic E-state index is 12.4. The molecular weight excluding hydrogens is 595 g/mol. The van der Waals surface area contributed by atoms with Crippen molar-refractivity contribution in [2.24, 2.45) is 0 Å². The van der Waals surface area contributed by atoms with E-state index in [2.05, 4.69) is 54.5 Å². The van der Waals surface area contributed by atoms with Gasteiger partial charge in [0.1, 0.15) is 6.17 Å². The van der Waals surface area contributed by atoms with Crippen LogP contribution < -0.4 is 16.0 Å². The van der Waals surface area contributed by atoms with Crippen LogP contribution in [0.4, 0.5) is 5.69 Å². The molecule has 0 heterocycles. The van der Waals surface area contributed by atoms with E-state index in [0.717, 1.165) is 13.7 Å². The van der Waals surface area contributed by atoms with Gasteiger partial charge in [0.15, 0.2) is 5.11 Å². The number of para-hydroxylation sites is 1. The standard InChI is InChI=1S/C16H12BrCl3IN3OS/c17-10-7-5-9(6-8-10)13(25)23-14(16(18,19)20)24-15(26)22-12-4-2-1-3-11(12)21/h1-8,14H,(H,23,25)(H2,22,24,26)/t14-/m0/s1. The molecule has 0 unspecified atom stereocenters. The first-order valence-electron chi connectivity index (χ1n) is 7.12. The molecule has 0 radical (unpaired) electrons. The summed E-state index contributed by atoms with van der Waals surface area (Å²) in [6, 6.07) is 14.4. The molecule has 1 amide bonds. The number of alkyl halides is 3. The van der Waals surface area contributed by atoms with Crippen LogP contribution in [0.15, 0.2) is 53.0 Å². The zero-order valence-electron chi connectivity index (χ0n) is 12.9. The predicted molar refractivity (Wildman–Crippen MR) is 124 cm³/mol. The molecule has 2 aromatic carbocycles. The van der Waals surface area contributed by atoms with Crippen molar-refractivity contribution in [3.8, 4) is 0 Å². The summed E-state index contributed by atoms with van der Waals surface area (Å²) in [5.41, 5.74) is 1.22. The maximum atomic E-state index is 12.4. The van der Waals surface area contributed by atoms with Gasteiger partial charge in [-0.05, 0) is 71.2 Å². The van der Waals surface area contributed by atoms with Gasteiger partial charge in [-0.3, -0.25) is 4.79 Å². The summed E-state index contributed by atoms with van der Waals surface area (Å²) in [6.45, 7) is 0. The smallest absolute Gasteiger partial charge is 0.252 e. The van der Waals surface area contributed by atoms with Crippen LogP contribution in [0.2, 0.25) is 0 Å². The maximum Gasteiger partial charge on any atom is 0.252 e. The third-order valence-electron chi connectivity index (χ3n) is 3.11. The van der Waals surface area contributed by atoms with Crippen molar-refractivity contribution in [3.05, 3.63) is 62.1 Å². The summed E-state index contributed by atoms with van der Waals surface area (Å²) in [5, 5.41) is 8.68. The fourth-order valence-electron chi connectivity index (χ4n) is 1.87. The molecule has 0 aliphatic rings. The van der Waals surface area contributed by atoms with Gasteiger partial charge in [0, 0.05) is 13.6 Å². The SMILES string of the molecule is O=C(N[C@@H](NC(=S)Nc1ccccc1I)C(Cl)(Cl)Cl)c1ccc(Br)cc1. The molecule has 1 atom stereocenters. The highest BCUT2D eigenvalue weighted by Crippen LogP contribution is 2.29. The van der Waals surface area contributed by atoms with Crippen LogP contribution >= 0.6 is 85.5 Å². The van der Waals surface area contributed by atoms with Gasteiger partial charge in [-0.2, -0.15) is 0 Å². The normalized spacial score (nSPS) is 12.2. The molecular formula is C16H12BrCl3IN3OS. The first kappa shape index (κ1) is 22.0. The molecule has 0 spiro atoms. The average Bonchev–Trinajstić information content (AvgIpc) is 2.56. The van der Waals surface area contributed by atoms with Crippen LogP contribution in [0.1, 0.15) is 10.4 Å². The van der Waals surface area contributed by atoms with Gasteiger partial charge in [0.05, 0.1) is 5.69 Å². The fraction of sp³-hybridized carbons (Fsp3) is 0.125. The van der Waals surface area contributed by atoms with Gasteiger partial charge in [-0.1, -0.05) is 62.9 Å². The number of thiocarbonyl (C=S) groups is 1. The Morgan fingerprint density at radius 3 is 2.27 bits per heavy atom. The van der Waals surface area contributed by atoms with Crippen molar-refractivity contribution in [1.29, 1.82) is 0 Å². The van der Waals surface area contributed by atoms with E-state index in [4.69, 9.17) is 47.0 Å². The highest BCUT2D eigenvalue weighted by molar-refractivity contribution is 14.1. The molecule has 3 N–H and O–H groups in total. The van der Waals surface area contributed by atoms with Crippen LogP contribution in [0.3, 0.4) is 0 Å². The lowest BCUT2D eigenvalue weighted by Crippen LogP contribution is -2.56. The van der Waals surface area contributed by atoms with E-state index in [1.54, 1.807) is 24.3 Å². The fourth-order valence-corrected chi connectivity index (χ4v) is 3.21. The van der Waals surface area contributed by atoms with Crippen molar-refractivity contribution >= 4 is 102 Å². The van der Waals surface area contributed by atoms with Gasteiger partial charge < -0.3 is 16.0 Å². The summed E-state index contributed by atoms with van der Waals surface area (Å²) < 4.78 is 0.00664. The van der Waals surface area contributed by atoms with Crippen LogP contribution in [-0.2, 0) is 0 Å². The molecule has 0 aromatic heterocycles. The third kappa shape index (κ3) is 6.69. The number of anilines is 1. The quantitative estimate of drug-likeness (QED) is 0.187. The monoisotopic (exact) mass is 605 g/mol. The minimum atomic E-state index is -1.82. The van der Waals surface area contributed by atoms with Crippen molar-refractivity contribution in [3.63, 3.8) is 0 Å². The lowest BCUT2D eigenvalue weighted by Gasteiger charge is -2.28. The lowest BCUT2D eigenvalue weighted by atomic mass is 10.2. The molecule has 0 aliphatic carbocycles. The van der Waals surface area contributed by atoms with E-state index < -0.39 is 15.9 Å². The first-order valence-corrected chi connectivity index (χ1v) is 10.5. The number of rotatable bonds is 4. The molecule has 4 nitrogen and oxygen atoms in total. The Hall–Kier alpha value is -0.320. The molecule has 0 saturated carbocycles. The van der Waals surface area contributed by atoms with Crippen LogP contribution in [0.25, 0.3) is 0 Å². The van der Waals surface area contributed by atoms with Crippen molar-refractivity contribution in [2.45, 2.75) is 9.96 Å². The number of hydrogen-bond acceptors (Lipinski definition) is 2. The first-order chi connectivity index (χ1) is 12.2. The average molecular weight is 608 g/mol. The van der Waals surface area contributed by atoms with Gasteiger partial charge in [0.25, 0.3) is 5.91 Å².